The summed E-state index contributed by atoms with van der Waals surface area (Å²) in [7, 11) is 1.60. The van der Waals surface area contributed by atoms with E-state index in [1.54, 1.807) is 27.9 Å². The van der Waals surface area contributed by atoms with Crippen LogP contribution >= 0.6 is 0 Å². The fraction of sp³-hybridized carbons (Fsp3) is 0.500. The van der Waals surface area contributed by atoms with Crippen LogP contribution < -0.4 is 15.4 Å². The van der Waals surface area contributed by atoms with Gasteiger partial charge < -0.3 is 15.4 Å². The zero-order valence-corrected chi connectivity index (χ0v) is 15.3. The summed E-state index contributed by atoms with van der Waals surface area (Å²) in [4.78, 5) is 37.7. The normalized spacial score (nSPS) is 18.5. The molecular formula is C18H25N3O4. The average Bonchev–Trinajstić information content (AvgIpc) is 2.74. The van der Waals surface area contributed by atoms with Gasteiger partial charge in [0, 0.05) is 6.04 Å². The number of urea groups is 1. The molecule has 2 rings (SSSR count). The Bertz CT molecular complexity index is 687. The molecule has 1 aromatic rings. The number of para-hydroxylation sites is 1. The third-order valence-electron chi connectivity index (χ3n) is 4.27. The first-order valence-electron chi connectivity index (χ1n) is 8.25. The van der Waals surface area contributed by atoms with E-state index < -0.39 is 23.5 Å². The van der Waals surface area contributed by atoms with Crippen LogP contribution in [0.3, 0.4) is 0 Å². The van der Waals surface area contributed by atoms with E-state index in [1.165, 1.54) is 0 Å². The van der Waals surface area contributed by atoms with Gasteiger partial charge >= 0.3 is 6.03 Å². The number of hydrogen-bond donors (Lipinski definition) is 2. The number of nitrogens with one attached hydrogen (secondary N) is 2. The topological polar surface area (TPSA) is 87.7 Å². The zero-order valence-electron chi connectivity index (χ0n) is 15.3. The van der Waals surface area contributed by atoms with Crippen LogP contribution in [0.2, 0.25) is 0 Å². The first-order valence-corrected chi connectivity index (χ1v) is 8.25. The van der Waals surface area contributed by atoms with Crippen molar-refractivity contribution in [2.45, 2.75) is 51.7 Å². The number of hydrogen-bond acceptors (Lipinski definition) is 4. The molecule has 1 aliphatic heterocycles. The lowest BCUT2D eigenvalue weighted by Crippen LogP contribution is -2.51. The van der Waals surface area contributed by atoms with Gasteiger partial charge in [-0.25, -0.2) is 9.69 Å². The van der Waals surface area contributed by atoms with Crippen molar-refractivity contribution in [3.63, 3.8) is 0 Å². The summed E-state index contributed by atoms with van der Waals surface area (Å²) in [5.41, 5.74) is -0.0177. The van der Waals surface area contributed by atoms with Gasteiger partial charge in [0.1, 0.15) is 17.3 Å². The second-order valence-corrected chi connectivity index (χ2v) is 6.83. The number of benzene rings is 1. The van der Waals surface area contributed by atoms with Crippen molar-refractivity contribution in [2.24, 2.45) is 0 Å². The molecule has 7 nitrogen and oxygen atoms in total. The number of carbonyl (C=O) groups excluding carboxylic acids is 3. The molecule has 0 aliphatic carbocycles. The summed E-state index contributed by atoms with van der Waals surface area (Å²) in [6.45, 7) is 6.64. The molecule has 0 radical (unpaired) electrons. The van der Waals surface area contributed by atoms with Gasteiger partial charge in [0.05, 0.1) is 7.11 Å². The maximum atomic E-state index is 12.5. The molecule has 1 fully saturated rings. The molecule has 0 spiro atoms. The molecule has 0 aromatic heterocycles. The first kappa shape index (κ1) is 18.8. The van der Waals surface area contributed by atoms with Crippen molar-refractivity contribution in [3.8, 4) is 5.75 Å². The third-order valence-corrected chi connectivity index (χ3v) is 4.27. The minimum Gasteiger partial charge on any atom is -0.496 e. The van der Waals surface area contributed by atoms with Crippen LogP contribution in [0.1, 0.15) is 33.3 Å². The molecule has 136 valence electrons. The number of ether oxygens (including phenoxy) is 1. The van der Waals surface area contributed by atoms with Crippen LogP contribution in [0.25, 0.3) is 0 Å². The van der Waals surface area contributed by atoms with E-state index >= 15 is 0 Å². The van der Waals surface area contributed by atoms with Crippen molar-refractivity contribution in [1.82, 2.24) is 15.5 Å². The van der Waals surface area contributed by atoms with Crippen molar-refractivity contribution >= 4 is 17.8 Å². The molecule has 2 N–H and O–H groups in total. The highest BCUT2D eigenvalue weighted by Crippen LogP contribution is 2.20. The maximum absolute atomic E-state index is 12.5. The van der Waals surface area contributed by atoms with Crippen LogP contribution in [-0.2, 0) is 16.0 Å². The fourth-order valence-corrected chi connectivity index (χ4v) is 2.86. The summed E-state index contributed by atoms with van der Waals surface area (Å²) in [5.74, 6) is -0.0198. The maximum Gasteiger partial charge on any atom is 0.325 e. The van der Waals surface area contributed by atoms with Gasteiger partial charge in [0.25, 0.3) is 5.91 Å². The molecule has 1 aliphatic rings. The summed E-state index contributed by atoms with van der Waals surface area (Å²) < 4.78 is 5.31. The minimum absolute atomic E-state index is 0.181. The van der Waals surface area contributed by atoms with Gasteiger partial charge in [-0.2, -0.15) is 0 Å². The summed E-state index contributed by atoms with van der Waals surface area (Å²) in [6.07, 6.45) is 0.577. The Morgan fingerprint density at radius 3 is 2.48 bits per heavy atom. The number of rotatable bonds is 6. The predicted molar refractivity (Wildman–Crippen MR) is 93.2 cm³/mol. The second kappa shape index (κ2) is 7.13. The molecule has 2 atom stereocenters. The highest BCUT2D eigenvalue weighted by molar-refractivity contribution is 6.09. The van der Waals surface area contributed by atoms with Crippen molar-refractivity contribution in [1.29, 1.82) is 0 Å². The van der Waals surface area contributed by atoms with E-state index in [0.29, 0.717) is 6.42 Å². The largest absolute Gasteiger partial charge is 0.496 e. The number of nitrogens with zero attached hydrogens (tertiary/aromatic N) is 1. The van der Waals surface area contributed by atoms with E-state index in [2.05, 4.69) is 10.6 Å². The van der Waals surface area contributed by atoms with E-state index in [9.17, 15) is 14.4 Å². The summed E-state index contributed by atoms with van der Waals surface area (Å²) in [6, 6.07) is 5.98. The molecule has 1 heterocycles. The highest BCUT2D eigenvalue weighted by Gasteiger charge is 2.47. The van der Waals surface area contributed by atoms with Gasteiger partial charge in [0.15, 0.2) is 0 Å². The molecule has 0 unspecified atom stereocenters. The molecule has 25 heavy (non-hydrogen) atoms. The molecule has 7 heteroatoms. The Hall–Kier alpha value is -2.57. The Morgan fingerprint density at radius 2 is 1.92 bits per heavy atom. The molecular weight excluding hydrogens is 322 g/mol. The predicted octanol–water partition coefficient (Wildman–Crippen LogP) is 1.46. The number of amides is 4. The van der Waals surface area contributed by atoms with Gasteiger partial charge in [0.2, 0.25) is 5.91 Å². The molecule has 0 saturated carbocycles. The van der Waals surface area contributed by atoms with Gasteiger partial charge in [-0.05, 0) is 45.7 Å². The van der Waals surface area contributed by atoms with Crippen LogP contribution in [0.15, 0.2) is 24.3 Å². The van der Waals surface area contributed by atoms with Crippen molar-refractivity contribution in [3.05, 3.63) is 29.8 Å². The Kier molecular flexibility index (Phi) is 5.35. The highest BCUT2D eigenvalue weighted by atomic mass is 16.5. The fourth-order valence-electron chi connectivity index (χ4n) is 2.86. The molecule has 1 aromatic carbocycles. The SMILES string of the molecule is COc1ccccc1C[C@@H](C)NC(=O)[C@H](C)N1C(=O)NC(C)(C)C1=O. The van der Waals surface area contributed by atoms with Crippen LogP contribution in [0.4, 0.5) is 4.79 Å². The standard InChI is InChI=1S/C18H25N3O4/c1-11(10-13-8-6-7-9-14(13)25-5)19-15(22)12(2)21-16(23)18(3,4)20-17(21)24/h6-9,11-12H,10H2,1-5H3,(H,19,22)(H,20,24)/t11-,12+/m1/s1. The van der Waals surface area contributed by atoms with E-state index in [1.807, 2.05) is 31.2 Å². The lowest BCUT2D eigenvalue weighted by atomic mass is 10.0. The number of methoxy groups -OCH3 is 1. The van der Waals surface area contributed by atoms with Gasteiger partial charge in [-0.3, -0.25) is 9.59 Å². The van der Waals surface area contributed by atoms with Gasteiger partial charge in [-0.1, -0.05) is 18.2 Å². The summed E-state index contributed by atoms with van der Waals surface area (Å²) >= 11 is 0. The van der Waals surface area contributed by atoms with Crippen LogP contribution in [0.5, 0.6) is 5.75 Å². The van der Waals surface area contributed by atoms with E-state index in [4.69, 9.17) is 4.74 Å². The van der Waals surface area contributed by atoms with E-state index in [-0.39, 0.29) is 11.9 Å². The van der Waals surface area contributed by atoms with E-state index in [0.717, 1.165) is 16.2 Å². The smallest absolute Gasteiger partial charge is 0.325 e. The second-order valence-electron chi connectivity index (χ2n) is 6.83. The van der Waals surface area contributed by atoms with Crippen LogP contribution in [0, 0.1) is 0 Å². The molecule has 0 bridgehead atoms. The first-order chi connectivity index (χ1) is 11.7. The number of carbonyl (C=O) groups is 3. The Morgan fingerprint density at radius 1 is 1.28 bits per heavy atom. The lowest BCUT2D eigenvalue weighted by molar-refractivity contribution is -0.137. The monoisotopic (exact) mass is 347 g/mol. The Balaban J connectivity index is 2.01. The lowest BCUT2D eigenvalue weighted by Gasteiger charge is -2.24. The van der Waals surface area contributed by atoms with Gasteiger partial charge in [-0.15, -0.1) is 0 Å². The minimum atomic E-state index is -0.991. The van der Waals surface area contributed by atoms with Crippen molar-refractivity contribution < 1.29 is 19.1 Å². The molecule has 1 saturated heterocycles. The number of imide groups is 1. The third kappa shape index (κ3) is 3.92. The summed E-state index contributed by atoms with van der Waals surface area (Å²) in [5, 5.41) is 5.43. The zero-order chi connectivity index (χ0) is 18.8. The van der Waals surface area contributed by atoms with Crippen LogP contribution in [-0.4, -0.2) is 47.5 Å². The average molecular weight is 347 g/mol. The van der Waals surface area contributed by atoms with Crippen molar-refractivity contribution in [2.75, 3.05) is 7.11 Å². The quantitative estimate of drug-likeness (QED) is 0.763. The molecule has 4 amide bonds. The Labute approximate surface area is 147 Å².